The van der Waals surface area contributed by atoms with Gasteiger partial charge in [-0.3, -0.25) is 10.1 Å². The van der Waals surface area contributed by atoms with Crippen molar-refractivity contribution in [3.8, 4) is 5.75 Å². The number of phenolic OH excluding ortho intramolecular Hbond substituents is 1. The SMILES string of the molecule is Cc1c(O)c(C(=O)NC(=O)Nc2ccccc2C(F)(F)F)cc2ccccc12. The first-order valence-electron chi connectivity index (χ1n) is 8.18. The van der Waals surface area contributed by atoms with Crippen LogP contribution in [-0.2, 0) is 6.18 Å². The Labute approximate surface area is 157 Å². The number of nitrogens with one attached hydrogen (secondary N) is 2. The van der Waals surface area contributed by atoms with Crippen molar-refractivity contribution in [1.82, 2.24) is 5.32 Å². The van der Waals surface area contributed by atoms with E-state index in [-0.39, 0.29) is 11.3 Å². The predicted octanol–water partition coefficient (Wildman–Crippen LogP) is 4.83. The van der Waals surface area contributed by atoms with Crippen LogP contribution < -0.4 is 10.6 Å². The fourth-order valence-corrected chi connectivity index (χ4v) is 2.85. The van der Waals surface area contributed by atoms with Crippen molar-refractivity contribution in [3.05, 3.63) is 71.3 Å². The highest BCUT2D eigenvalue weighted by Gasteiger charge is 2.33. The standard InChI is InChI=1S/C20H15F3N2O3/c1-11-13-7-3-2-6-12(13)10-14(17(11)26)18(27)25-19(28)24-16-9-5-4-8-15(16)20(21,22)23/h2-10,26H,1H3,(H2,24,25,27,28). The molecule has 0 aliphatic heterocycles. The van der Waals surface area contributed by atoms with Crippen LogP contribution in [0.4, 0.5) is 23.7 Å². The number of phenols is 1. The minimum absolute atomic E-state index is 0.157. The first-order valence-corrected chi connectivity index (χ1v) is 8.18. The maximum absolute atomic E-state index is 13.0. The molecule has 0 fully saturated rings. The number of anilines is 1. The van der Waals surface area contributed by atoms with Crippen LogP contribution in [0.1, 0.15) is 21.5 Å². The molecule has 3 aromatic carbocycles. The van der Waals surface area contributed by atoms with Crippen molar-refractivity contribution < 1.29 is 27.9 Å². The number of carbonyl (C=O) groups is 2. The predicted molar refractivity (Wildman–Crippen MR) is 98.3 cm³/mol. The summed E-state index contributed by atoms with van der Waals surface area (Å²) in [6, 6.07) is 11.7. The van der Waals surface area contributed by atoms with Crippen LogP contribution in [0.3, 0.4) is 0 Å². The summed E-state index contributed by atoms with van der Waals surface area (Å²) >= 11 is 0. The van der Waals surface area contributed by atoms with Gasteiger partial charge in [-0.15, -0.1) is 0 Å². The minimum Gasteiger partial charge on any atom is -0.507 e. The Morgan fingerprint density at radius 1 is 1.00 bits per heavy atom. The number of halogens is 3. The Hall–Kier alpha value is -3.55. The molecule has 3 N–H and O–H groups in total. The normalized spacial score (nSPS) is 11.3. The molecule has 5 nitrogen and oxygen atoms in total. The number of benzene rings is 3. The number of alkyl halides is 3. The summed E-state index contributed by atoms with van der Waals surface area (Å²) in [6.07, 6.45) is -4.67. The molecule has 8 heteroatoms. The second-order valence-corrected chi connectivity index (χ2v) is 6.07. The number of carbonyl (C=O) groups excluding carboxylic acids is 2. The lowest BCUT2D eigenvalue weighted by Gasteiger charge is -2.14. The number of imide groups is 1. The van der Waals surface area contributed by atoms with Gasteiger partial charge in [-0.1, -0.05) is 36.4 Å². The minimum atomic E-state index is -4.67. The number of hydrogen-bond donors (Lipinski definition) is 3. The second kappa shape index (κ2) is 7.22. The lowest BCUT2D eigenvalue weighted by Crippen LogP contribution is -2.35. The number of aromatic hydroxyl groups is 1. The van der Waals surface area contributed by atoms with Crippen LogP contribution in [0.2, 0.25) is 0 Å². The molecule has 0 saturated heterocycles. The summed E-state index contributed by atoms with van der Waals surface area (Å²) in [7, 11) is 0. The van der Waals surface area contributed by atoms with E-state index in [1.165, 1.54) is 18.2 Å². The van der Waals surface area contributed by atoms with Crippen LogP contribution in [0, 0.1) is 6.92 Å². The third kappa shape index (κ3) is 3.75. The van der Waals surface area contributed by atoms with Crippen molar-refractivity contribution >= 4 is 28.4 Å². The lowest BCUT2D eigenvalue weighted by molar-refractivity contribution is -0.136. The zero-order valence-electron chi connectivity index (χ0n) is 14.6. The second-order valence-electron chi connectivity index (χ2n) is 6.07. The molecule has 3 amide bonds. The quantitative estimate of drug-likeness (QED) is 0.588. The van der Waals surface area contributed by atoms with E-state index in [1.807, 2.05) is 10.6 Å². The fourth-order valence-electron chi connectivity index (χ4n) is 2.85. The Bertz CT molecular complexity index is 1080. The summed E-state index contributed by atoms with van der Waals surface area (Å²) < 4.78 is 39.0. The zero-order valence-corrected chi connectivity index (χ0v) is 14.6. The van der Waals surface area contributed by atoms with Crippen molar-refractivity contribution in [2.45, 2.75) is 13.1 Å². The van der Waals surface area contributed by atoms with Crippen molar-refractivity contribution in [2.24, 2.45) is 0 Å². The number of hydrogen-bond acceptors (Lipinski definition) is 3. The van der Waals surface area contributed by atoms with Gasteiger partial charge in [0, 0.05) is 0 Å². The molecule has 0 aliphatic rings. The smallest absolute Gasteiger partial charge is 0.418 e. The van der Waals surface area contributed by atoms with E-state index in [1.54, 1.807) is 31.2 Å². The third-order valence-electron chi connectivity index (χ3n) is 4.23. The van der Waals surface area contributed by atoms with Gasteiger partial charge in [0.05, 0.1) is 16.8 Å². The molecule has 0 radical (unpaired) electrons. The molecule has 144 valence electrons. The summed E-state index contributed by atoms with van der Waals surface area (Å²) in [5.41, 5.74) is -1.23. The number of rotatable bonds is 2. The van der Waals surface area contributed by atoms with Gasteiger partial charge in [0.15, 0.2) is 0 Å². The number of fused-ring (bicyclic) bond motifs is 1. The molecular weight excluding hydrogens is 373 g/mol. The average molecular weight is 388 g/mol. The summed E-state index contributed by atoms with van der Waals surface area (Å²) in [6.45, 7) is 1.62. The molecular formula is C20H15F3N2O3. The summed E-state index contributed by atoms with van der Waals surface area (Å²) in [5, 5.41) is 15.6. The first kappa shape index (κ1) is 19.2. The first-order chi connectivity index (χ1) is 13.2. The molecule has 0 aromatic heterocycles. The largest absolute Gasteiger partial charge is 0.507 e. The van der Waals surface area contributed by atoms with Crippen LogP contribution in [0.5, 0.6) is 5.75 Å². The monoisotopic (exact) mass is 388 g/mol. The highest BCUT2D eigenvalue weighted by Crippen LogP contribution is 2.34. The highest BCUT2D eigenvalue weighted by atomic mass is 19.4. The van der Waals surface area contributed by atoms with E-state index in [2.05, 4.69) is 0 Å². The van der Waals surface area contributed by atoms with Gasteiger partial charge in [-0.25, -0.2) is 4.79 Å². The van der Waals surface area contributed by atoms with Crippen LogP contribution in [0.25, 0.3) is 10.8 Å². The maximum atomic E-state index is 13.0. The van der Waals surface area contributed by atoms with Crippen molar-refractivity contribution in [1.29, 1.82) is 0 Å². The van der Waals surface area contributed by atoms with Crippen molar-refractivity contribution in [2.75, 3.05) is 5.32 Å². The fraction of sp³-hybridized carbons (Fsp3) is 0.100. The van der Waals surface area contributed by atoms with E-state index in [0.717, 1.165) is 17.5 Å². The molecule has 0 saturated carbocycles. The van der Waals surface area contributed by atoms with E-state index in [0.29, 0.717) is 10.9 Å². The topological polar surface area (TPSA) is 78.4 Å². The molecule has 3 aromatic rings. The van der Waals surface area contributed by atoms with Gasteiger partial charge < -0.3 is 10.4 Å². The Morgan fingerprint density at radius 2 is 1.64 bits per heavy atom. The molecule has 0 unspecified atom stereocenters. The summed E-state index contributed by atoms with van der Waals surface area (Å²) in [4.78, 5) is 24.4. The Balaban J connectivity index is 1.84. The molecule has 0 heterocycles. The number of aryl methyl sites for hydroxylation is 1. The van der Waals surface area contributed by atoms with Gasteiger partial charge in [-0.05, 0) is 41.5 Å². The lowest BCUT2D eigenvalue weighted by atomic mass is 10.00. The molecule has 0 bridgehead atoms. The van der Waals surface area contributed by atoms with Gasteiger partial charge in [0.1, 0.15) is 5.75 Å². The average Bonchev–Trinajstić information content (AvgIpc) is 2.64. The third-order valence-corrected chi connectivity index (χ3v) is 4.23. The van der Waals surface area contributed by atoms with E-state index in [9.17, 15) is 27.9 Å². The van der Waals surface area contributed by atoms with Crippen LogP contribution in [-0.4, -0.2) is 17.0 Å². The van der Waals surface area contributed by atoms with Crippen LogP contribution >= 0.6 is 0 Å². The van der Waals surface area contributed by atoms with Gasteiger partial charge in [0.25, 0.3) is 5.91 Å². The van der Waals surface area contributed by atoms with E-state index >= 15 is 0 Å². The van der Waals surface area contributed by atoms with E-state index < -0.39 is 29.4 Å². The van der Waals surface area contributed by atoms with Gasteiger partial charge >= 0.3 is 12.2 Å². The van der Waals surface area contributed by atoms with Gasteiger partial charge in [-0.2, -0.15) is 13.2 Å². The van der Waals surface area contributed by atoms with E-state index in [4.69, 9.17) is 0 Å². The highest BCUT2D eigenvalue weighted by molar-refractivity contribution is 6.11. The number of urea groups is 1. The Kier molecular flexibility index (Phi) is 4.96. The molecule has 0 atom stereocenters. The molecule has 0 aliphatic carbocycles. The van der Waals surface area contributed by atoms with Gasteiger partial charge in [0.2, 0.25) is 0 Å². The molecule has 28 heavy (non-hydrogen) atoms. The molecule has 3 rings (SSSR count). The zero-order chi connectivity index (χ0) is 20.5. The van der Waals surface area contributed by atoms with Crippen molar-refractivity contribution in [3.63, 3.8) is 0 Å². The summed E-state index contributed by atoms with van der Waals surface area (Å²) in [5.74, 6) is -1.24. The molecule has 0 spiro atoms. The van der Waals surface area contributed by atoms with Crippen LogP contribution in [0.15, 0.2) is 54.6 Å². The number of amides is 3. The Morgan fingerprint density at radius 3 is 2.36 bits per heavy atom. The maximum Gasteiger partial charge on any atom is 0.418 e. The number of para-hydroxylation sites is 1.